The smallest absolute Gasteiger partial charge is 0.173 e. The fraction of sp³-hybridized carbons (Fsp3) is 0.316. The summed E-state index contributed by atoms with van der Waals surface area (Å²) in [6.07, 6.45) is 0. The summed E-state index contributed by atoms with van der Waals surface area (Å²) in [5.41, 5.74) is 4.43. The second kappa shape index (κ2) is 8.02. The van der Waals surface area contributed by atoms with E-state index in [4.69, 9.17) is 21.7 Å². The summed E-state index contributed by atoms with van der Waals surface area (Å²) < 4.78 is 10.8. The summed E-state index contributed by atoms with van der Waals surface area (Å²) in [5, 5.41) is 3.95. The average Bonchev–Trinajstić information content (AvgIpc) is 2.53. The van der Waals surface area contributed by atoms with Crippen LogP contribution in [0.1, 0.15) is 16.7 Å². The van der Waals surface area contributed by atoms with Crippen molar-refractivity contribution in [2.45, 2.75) is 20.4 Å². The van der Waals surface area contributed by atoms with Crippen LogP contribution < -0.4 is 14.8 Å². The molecule has 0 heterocycles. The van der Waals surface area contributed by atoms with Gasteiger partial charge < -0.3 is 19.7 Å². The number of nitrogens with zero attached hydrogens (tertiary/aromatic N) is 1. The van der Waals surface area contributed by atoms with E-state index in [1.807, 2.05) is 30.1 Å². The van der Waals surface area contributed by atoms with Crippen LogP contribution in [-0.4, -0.2) is 31.3 Å². The molecule has 128 valence electrons. The zero-order chi connectivity index (χ0) is 17.7. The van der Waals surface area contributed by atoms with Crippen LogP contribution in [0.25, 0.3) is 0 Å². The van der Waals surface area contributed by atoms with Crippen LogP contribution in [0.2, 0.25) is 0 Å². The number of methoxy groups -OCH3 is 2. The summed E-state index contributed by atoms with van der Waals surface area (Å²) >= 11 is 5.53. The highest BCUT2D eigenvalue weighted by Gasteiger charge is 2.13. The van der Waals surface area contributed by atoms with Gasteiger partial charge in [0, 0.05) is 24.8 Å². The minimum atomic E-state index is 0.622. The number of para-hydroxylation sites is 1. The minimum Gasteiger partial charge on any atom is -0.493 e. The zero-order valence-corrected chi connectivity index (χ0v) is 15.7. The molecule has 0 fully saturated rings. The van der Waals surface area contributed by atoms with Gasteiger partial charge in [0.15, 0.2) is 16.6 Å². The number of ether oxygens (including phenoxy) is 2. The van der Waals surface area contributed by atoms with E-state index in [-0.39, 0.29) is 0 Å². The molecule has 0 aliphatic carbocycles. The Balaban J connectivity index is 2.12. The summed E-state index contributed by atoms with van der Waals surface area (Å²) in [5.74, 6) is 1.46. The van der Waals surface area contributed by atoms with Gasteiger partial charge in [0.05, 0.1) is 14.2 Å². The molecule has 0 aromatic heterocycles. The molecule has 2 rings (SSSR count). The molecule has 0 spiro atoms. The van der Waals surface area contributed by atoms with E-state index >= 15 is 0 Å². The van der Waals surface area contributed by atoms with Gasteiger partial charge >= 0.3 is 0 Å². The molecule has 0 bridgehead atoms. The molecular formula is C19H24N2O2S. The molecule has 5 heteroatoms. The van der Waals surface area contributed by atoms with Crippen molar-refractivity contribution >= 4 is 23.0 Å². The monoisotopic (exact) mass is 344 g/mol. The van der Waals surface area contributed by atoms with Crippen molar-refractivity contribution in [2.75, 3.05) is 26.6 Å². The van der Waals surface area contributed by atoms with Crippen molar-refractivity contribution in [1.82, 2.24) is 4.90 Å². The van der Waals surface area contributed by atoms with E-state index in [0.717, 1.165) is 22.7 Å². The molecule has 24 heavy (non-hydrogen) atoms. The second-order valence-corrected chi connectivity index (χ2v) is 6.20. The van der Waals surface area contributed by atoms with Gasteiger partial charge in [0.2, 0.25) is 0 Å². The molecule has 0 aliphatic heterocycles. The number of hydrogen-bond donors (Lipinski definition) is 1. The number of anilines is 1. The maximum Gasteiger partial charge on any atom is 0.173 e. The maximum absolute atomic E-state index is 5.53. The third-order valence-electron chi connectivity index (χ3n) is 3.71. The molecule has 0 aliphatic rings. The highest BCUT2D eigenvalue weighted by Crippen LogP contribution is 2.31. The van der Waals surface area contributed by atoms with E-state index in [1.165, 1.54) is 11.1 Å². The fourth-order valence-corrected chi connectivity index (χ4v) is 2.85. The van der Waals surface area contributed by atoms with Crippen LogP contribution in [0.15, 0.2) is 36.4 Å². The molecule has 0 unspecified atom stereocenters. The van der Waals surface area contributed by atoms with Crippen molar-refractivity contribution in [3.05, 3.63) is 53.1 Å². The van der Waals surface area contributed by atoms with Gasteiger partial charge in [-0.15, -0.1) is 0 Å². The third-order valence-corrected chi connectivity index (χ3v) is 4.13. The molecule has 0 amide bonds. The van der Waals surface area contributed by atoms with Crippen LogP contribution in [0, 0.1) is 13.8 Å². The molecule has 0 atom stereocenters. The minimum absolute atomic E-state index is 0.622. The first-order chi connectivity index (χ1) is 11.4. The third kappa shape index (κ3) is 4.38. The van der Waals surface area contributed by atoms with Crippen LogP contribution >= 0.6 is 12.2 Å². The fourth-order valence-electron chi connectivity index (χ4n) is 2.67. The molecule has 1 N–H and O–H groups in total. The van der Waals surface area contributed by atoms with Gasteiger partial charge in [-0.25, -0.2) is 0 Å². The SMILES string of the molecule is COc1cccc(CN(C)C(=S)Nc2cc(C)cc(C)c2)c1OC. The molecular weight excluding hydrogens is 320 g/mol. The Kier molecular flexibility index (Phi) is 6.04. The lowest BCUT2D eigenvalue weighted by atomic mass is 10.1. The molecule has 2 aromatic carbocycles. The first-order valence-corrected chi connectivity index (χ1v) is 8.15. The van der Waals surface area contributed by atoms with Gasteiger partial charge in [0.1, 0.15) is 0 Å². The van der Waals surface area contributed by atoms with Gasteiger partial charge in [0.25, 0.3) is 0 Å². The predicted molar refractivity (Wildman–Crippen MR) is 103 cm³/mol. The van der Waals surface area contributed by atoms with Crippen molar-refractivity contribution in [3.8, 4) is 11.5 Å². The molecule has 2 aromatic rings. The van der Waals surface area contributed by atoms with Crippen molar-refractivity contribution < 1.29 is 9.47 Å². The summed E-state index contributed by atoms with van der Waals surface area (Å²) in [6, 6.07) is 12.1. The first kappa shape index (κ1) is 18.1. The van der Waals surface area contributed by atoms with Gasteiger partial charge in [-0.3, -0.25) is 0 Å². The topological polar surface area (TPSA) is 33.7 Å². The number of benzene rings is 2. The summed E-state index contributed by atoms with van der Waals surface area (Å²) in [7, 11) is 5.24. The lowest BCUT2D eigenvalue weighted by Crippen LogP contribution is -2.30. The standard InChI is InChI=1S/C19H24N2O2S/c1-13-9-14(2)11-16(10-13)20-19(24)21(3)12-15-7-6-8-17(22-4)18(15)23-5/h6-11H,12H2,1-5H3,(H,20,24). The van der Waals surface area contributed by atoms with Crippen LogP contribution in [0.5, 0.6) is 11.5 Å². The summed E-state index contributed by atoms with van der Waals surface area (Å²) in [6.45, 7) is 4.77. The van der Waals surface area contributed by atoms with Gasteiger partial charge in [-0.1, -0.05) is 18.2 Å². The molecule has 0 saturated heterocycles. The van der Waals surface area contributed by atoms with E-state index < -0.39 is 0 Å². The Morgan fingerprint density at radius 2 is 1.75 bits per heavy atom. The Labute approximate surface area is 149 Å². The Morgan fingerprint density at radius 3 is 2.33 bits per heavy atom. The van der Waals surface area contributed by atoms with Crippen LogP contribution in [0.3, 0.4) is 0 Å². The Morgan fingerprint density at radius 1 is 1.08 bits per heavy atom. The number of hydrogen-bond acceptors (Lipinski definition) is 3. The highest BCUT2D eigenvalue weighted by atomic mass is 32.1. The maximum atomic E-state index is 5.53. The van der Waals surface area contributed by atoms with Crippen molar-refractivity contribution in [2.24, 2.45) is 0 Å². The van der Waals surface area contributed by atoms with Crippen LogP contribution in [0.4, 0.5) is 5.69 Å². The summed E-state index contributed by atoms with van der Waals surface area (Å²) in [4.78, 5) is 1.98. The predicted octanol–water partition coefficient (Wildman–Crippen LogP) is 4.15. The molecule has 0 radical (unpaired) electrons. The van der Waals surface area contributed by atoms with Gasteiger partial charge in [-0.05, 0) is 55.4 Å². The first-order valence-electron chi connectivity index (χ1n) is 7.75. The lowest BCUT2D eigenvalue weighted by Gasteiger charge is -2.23. The average molecular weight is 344 g/mol. The number of aryl methyl sites for hydroxylation is 2. The normalized spacial score (nSPS) is 10.2. The van der Waals surface area contributed by atoms with E-state index in [0.29, 0.717) is 11.7 Å². The molecule has 0 saturated carbocycles. The number of nitrogens with one attached hydrogen (secondary N) is 1. The number of rotatable bonds is 5. The Hall–Kier alpha value is -2.27. The van der Waals surface area contributed by atoms with E-state index in [2.05, 4.69) is 37.4 Å². The lowest BCUT2D eigenvalue weighted by molar-refractivity contribution is 0.347. The quantitative estimate of drug-likeness (QED) is 0.824. The number of thiocarbonyl (C=S) groups is 1. The second-order valence-electron chi connectivity index (χ2n) is 5.82. The van der Waals surface area contributed by atoms with E-state index in [1.54, 1.807) is 14.2 Å². The van der Waals surface area contributed by atoms with Crippen LogP contribution in [-0.2, 0) is 6.54 Å². The van der Waals surface area contributed by atoms with Crippen molar-refractivity contribution in [1.29, 1.82) is 0 Å². The highest BCUT2D eigenvalue weighted by molar-refractivity contribution is 7.80. The largest absolute Gasteiger partial charge is 0.493 e. The molecule has 4 nitrogen and oxygen atoms in total. The van der Waals surface area contributed by atoms with Crippen molar-refractivity contribution in [3.63, 3.8) is 0 Å². The van der Waals surface area contributed by atoms with E-state index in [9.17, 15) is 0 Å². The zero-order valence-electron chi connectivity index (χ0n) is 14.8. The Bertz CT molecular complexity index is 711. The van der Waals surface area contributed by atoms with Gasteiger partial charge in [-0.2, -0.15) is 0 Å².